The van der Waals surface area contributed by atoms with Crippen molar-refractivity contribution in [3.63, 3.8) is 0 Å². The molecule has 1 saturated heterocycles. The van der Waals surface area contributed by atoms with Crippen molar-refractivity contribution in [3.05, 3.63) is 35.6 Å². The Morgan fingerprint density at radius 3 is 2.33 bits per heavy atom. The Morgan fingerprint density at radius 1 is 1.20 bits per heavy atom. The molecule has 1 nitrogen and oxygen atoms in total. The second-order valence-corrected chi connectivity index (χ2v) is 4.30. The lowest BCUT2D eigenvalue weighted by Crippen LogP contribution is -2.35. The summed E-state index contributed by atoms with van der Waals surface area (Å²) >= 11 is 6.06. The summed E-state index contributed by atoms with van der Waals surface area (Å²) in [6.07, 6.45) is 1.84. The largest absolute Gasteiger partial charge is 0.381 e. The lowest BCUT2D eigenvalue weighted by Gasteiger charge is -2.36. The molecule has 0 spiro atoms. The highest BCUT2D eigenvalue weighted by Crippen LogP contribution is 2.35. The minimum Gasteiger partial charge on any atom is -0.381 e. The molecule has 0 bridgehead atoms. The van der Waals surface area contributed by atoms with Crippen LogP contribution in [0, 0.1) is 5.82 Å². The third-order valence-corrected chi connectivity index (χ3v) is 3.67. The molecule has 0 radical (unpaired) electrons. The first-order chi connectivity index (χ1) is 7.27. The average molecular weight is 229 g/mol. The van der Waals surface area contributed by atoms with E-state index in [9.17, 15) is 4.39 Å². The van der Waals surface area contributed by atoms with Gasteiger partial charge in [-0.05, 0) is 30.5 Å². The molecule has 1 fully saturated rings. The Bertz CT molecular complexity index is 317. The zero-order chi connectivity index (χ0) is 10.7. The number of hydrogen-bond acceptors (Lipinski definition) is 1. The molecule has 1 heterocycles. The number of halogens is 2. The van der Waals surface area contributed by atoms with E-state index in [2.05, 4.69) is 0 Å². The molecule has 0 saturated carbocycles. The van der Waals surface area contributed by atoms with Gasteiger partial charge >= 0.3 is 0 Å². The van der Waals surface area contributed by atoms with Crippen LogP contribution in [0.5, 0.6) is 0 Å². The molecule has 82 valence electrons. The van der Waals surface area contributed by atoms with Gasteiger partial charge in [-0.2, -0.15) is 0 Å². The van der Waals surface area contributed by atoms with Gasteiger partial charge in [-0.1, -0.05) is 12.1 Å². The quantitative estimate of drug-likeness (QED) is 0.707. The van der Waals surface area contributed by atoms with Gasteiger partial charge in [0.15, 0.2) is 0 Å². The number of rotatable bonds is 2. The van der Waals surface area contributed by atoms with Gasteiger partial charge in [0.05, 0.1) is 0 Å². The van der Waals surface area contributed by atoms with Crippen LogP contribution in [0.25, 0.3) is 0 Å². The highest BCUT2D eigenvalue weighted by molar-refractivity contribution is 6.18. The fourth-order valence-corrected chi connectivity index (χ4v) is 2.49. The zero-order valence-corrected chi connectivity index (χ0v) is 9.27. The number of alkyl halides is 1. The van der Waals surface area contributed by atoms with Crippen molar-refractivity contribution >= 4 is 11.6 Å². The summed E-state index contributed by atoms with van der Waals surface area (Å²) in [5.41, 5.74) is 1.11. The van der Waals surface area contributed by atoms with E-state index < -0.39 is 0 Å². The molecule has 0 N–H and O–H groups in total. The van der Waals surface area contributed by atoms with Crippen LogP contribution in [0.2, 0.25) is 0 Å². The number of ether oxygens (including phenoxy) is 1. The van der Waals surface area contributed by atoms with E-state index in [1.54, 1.807) is 0 Å². The lowest BCUT2D eigenvalue weighted by atomic mass is 9.76. The Morgan fingerprint density at radius 2 is 1.80 bits per heavy atom. The minimum atomic E-state index is -0.199. The normalized spacial score (nSPS) is 20.1. The summed E-state index contributed by atoms with van der Waals surface area (Å²) in [6, 6.07) is 6.67. The molecule has 1 aromatic carbocycles. The maximum Gasteiger partial charge on any atom is 0.123 e. The van der Waals surface area contributed by atoms with Crippen molar-refractivity contribution in [3.8, 4) is 0 Å². The van der Waals surface area contributed by atoms with Crippen molar-refractivity contribution in [2.45, 2.75) is 18.3 Å². The van der Waals surface area contributed by atoms with E-state index >= 15 is 0 Å². The summed E-state index contributed by atoms with van der Waals surface area (Å²) in [6.45, 7) is 1.48. The molecule has 1 aliphatic heterocycles. The number of hydrogen-bond donors (Lipinski definition) is 0. The first kappa shape index (κ1) is 10.9. The maximum atomic E-state index is 12.8. The predicted octanol–water partition coefficient (Wildman–Crippen LogP) is 3.11. The van der Waals surface area contributed by atoms with Crippen molar-refractivity contribution in [1.29, 1.82) is 0 Å². The van der Waals surface area contributed by atoms with Gasteiger partial charge in [-0.3, -0.25) is 0 Å². The Balaban J connectivity index is 2.28. The van der Waals surface area contributed by atoms with Crippen LogP contribution in [0.4, 0.5) is 4.39 Å². The molecule has 0 aromatic heterocycles. The Labute approximate surface area is 94.2 Å². The van der Waals surface area contributed by atoms with E-state index in [0.29, 0.717) is 5.88 Å². The molecule has 0 amide bonds. The SMILES string of the molecule is Fc1ccc(C2(CCl)CCOCC2)cc1. The molecule has 1 aromatic rings. The summed E-state index contributed by atoms with van der Waals surface area (Å²) in [5, 5.41) is 0. The maximum absolute atomic E-state index is 12.8. The van der Waals surface area contributed by atoms with Crippen molar-refractivity contribution in [2.24, 2.45) is 0 Å². The Hall–Kier alpha value is -0.600. The predicted molar refractivity (Wildman–Crippen MR) is 58.9 cm³/mol. The lowest BCUT2D eigenvalue weighted by molar-refractivity contribution is 0.0575. The van der Waals surface area contributed by atoms with Gasteiger partial charge < -0.3 is 4.74 Å². The molecule has 3 heteroatoms. The van der Waals surface area contributed by atoms with E-state index in [1.165, 1.54) is 12.1 Å². The van der Waals surface area contributed by atoms with Gasteiger partial charge in [0.2, 0.25) is 0 Å². The summed E-state index contributed by atoms with van der Waals surface area (Å²) in [4.78, 5) is 0. The van der Waals surface area contributed by atoms with Gasteiger partial charge in [-0.25, -0.2) is 4.39 Å². The number of benzene rings is 1. The van der Waals surface area contributed by atoms with Crippen molar-refractivity contribution in [2.75, 3.05) is 19.1 Å². The van der Waals surface area contributed by atoms with Crippen LogP contribution in [-0.2, 0) is 10.2 Å². The molecule has 0 atom stereocenters. The minimum absolute atomic E-state index is 0.0203. The summed E-state index contributed by atoms with van der Waals surface area (Å²) in [7, 11) is 0. The third-order valence-electron chi connectivity index (χ3n) is 3.16. The van der Waals surface area contributed by atoms with E-state index in [1.807, 2.05) is 12.1 Å². The van der Waals surface area contributed by atoms with Crippen LogP contribution in [-0.4, -0.2) is 19.1 Å². The summed E-state index contributed by atoms with van der Waals surface area (Å²) in [5.74, 6) is 0.373. The fourth-order valence-electron chi connectivity index (χ4n) is 2.07. The monoisotopic (exact) mass is 228 g/mol. The molecule has 2 rings (SSSR count). The van der Waals surface area contributed by atoms with Crippen LogP contribution < -0.4 is 0 Å². The third kappa shape index (κ3) is 2.16. The van der Waals surface area contributed by atoms with Gasteiger partial charge in [0, 0.05) is 24.5 Å². The Kier molecular flexibility index (Phi) is 3.27. The molecular weight excluding hydrogens is 215 g/mol. The topological polar surface area (TPSA) is 9.23 Å². The van der Waals surface area contributed by atoms with Crippen molar-refractivity contribution < 1.29 is 9.13 Å². The molecule has 1 aliphatic rings. The molecule has 0 unspecified atom stereocenters. The van der Waals surface area contributed by atoms with E-state index in [0.717, 1.165) is 31.6 Å². The highest BCUT2D eigenvalue weighted by atomic mass is 35.5. The van der Waals surface area contributed by atoms with Gasteiger partial charge in [0.1, 0.15) is 5.82 Å². The summed E-state index contributed by atoms with van der Waals surface area (Å²) < 4.78 is 18.2. The van der Waals surface area contributed by atoms with E-state index in [4.69, 9.17) is 16.3 Å². The van der Waals surface area contributed by atoms with E-state index in [-0.39, 0.29) is 11.2 Å². The molecule has 0 aliphatic carbocycles. The van der Waals surface area contributed by atoms with Crippen LogP contribution in [0.3, 0.4) is 0 Å². The first-order valence-corrected chi connectivity index (χ1v) is 5.70. The second kappa shape index (κ2) is 4.50. The van der Waals surface area contributed by atoms with Crippen LogP contribution in [0.15, 0.2) is 24.3 Å². The fraction of sp³-hybridized carbons (Fsp3) is 0.500. The van der Waals surface area contributed by atoms with Gasteiger partial charge in [-0.15, -0.1) is 11.6 Å². The van der Waals surface area contributed by atoms with Crippen molar-refractivity contribution in [1.82, 2.24) is 0 Å². The average Bonchev–Trinajstić information content (AvgIpc) is 2.31. The smallest absolute Gasteiger partial charge is 0.123 e. The van der Waals surface area contributed by atoms with Crippen LogP contribution >= 0.6 is 11.6 Å². The molecular formula is C12H14ClFO. The van der Waals surface area contributed by atoms with Crippen LogP contribution in [0.1, 0.15) is 18.4 Å². The zero-order valence-electron chi connectivity index (χ0n) is 8.51. The first-order valence-electron chi connectivity index (χ1n) is 5.17. The standard InChI is InChI=1S/C12H14ClFO/c13-9-12(5-7-15-8-6-12)10-1-3-11(14)4-2-10/h1-4H,5-9H2. The van der Waals surface area contributed by atoms with Gasteiger partial charge in [0.25, 0.3) is 0 Å². The highest BCUT2D eigenvalue weighted by Gasteiger charge is 2.33. The molecule has 15 heavy (non-hydrogen) atoms. The second-order valence-electron chi connectivity index (χ2n) is 4.03.